The van der Waals surface area contributed by atoms with E-state index in [1.807, 2.05) is 13.8 Å². The fourth-order valence-electron chi connectivity index (χ4n) is 1.24. The summed E-state index contributed by atoms with van der Waals surface area (Å²) in [7, 11) is 0. The molecule has 0 aliphatic heterocycles. The minimum Gasteiger partial charge on any atom is -0.374 e. The average molecular weight is 288 g/mol. The van der Waals surface area contributed by atoms with E-state index in [1.54, 1.807) is 0 Å². The van der Waals surface area contributed by atoms with Gasteiger partial charge in [0.15, 0.2) is 5.82 Å². The highest BCUT2D eigenvalue weighted by atomic mass is 79.9. The zero-order valence-corrected chi connectivity index (χ0v) is 11.6. The first-order chi connectivity index (χ1) is 7.69. The highest BCUT2D eigenvalue weighted by Gasteiger charge is 2.08. The fourth-order valence-corrected chi connectivity index (χ4v) is 1.55. The topological polar surface area (TPSA) is 47.0 Å². The van der Waals surface area contributed by atoms with Crippen molar-refractivity contribution in [3.8, 4) is 0 Å². The first-order valence-electron chi connectivity index (χ1n) is 5.53. The van der Waals surface area contributed by atoms with Crippen molar-refractivity contribution in [1.29, 1.82) is 0 Å². The molecule has 1 aromatic rings. The summed E-state index contributed by atoms with van der Waals surface area (Å²) in [6.45, 7) is 8.08. The van der Waals surface area contributed by atoms with Crippen molar-refractivity contribution in [3.63, 3.8) is 0 Å². The number of halogens is 1. The van der Waals surface area contributed by atoms with Crippen LogP contribution in [0.3, 0.4) is 0 Å². The minimum atomic E-state index is 0.464. The second kappa shape index (κ2) is 6.81. The van der Waals surface area contributed by atoms with Gasteiger partial charge in [-0.15, -0.1) is 0 Å². The molecule has 0 amide bonds. The Kier molecular flexibility index (Phi) is 5.69. The second-order valence-electron chi connectivity index (χ2n) is 3.45. The molecule has 0 bridgehead atoms. The van der Waals surface area contributed by atoms with Gasteiger partial charge in [-0.25, -0.2) is 9.97 Å². The smallest absolute Gasteiger partial charge is 0.156 e. The Morgan fingerprint density at radius 1 is 1.31 bits per heavy atom. The van der Waals surface area contributed by atoms with E-state index in [0.29, 0.717) is 13.2 Å². The molecule has 1 rings (SSSR count). The van der Waals surface area contributed by atoms with Gasteiger partial charge in [-0.1, -0.05) is 6.92 Å². The van der Waals surface area contributed by atoms with Crippen LogP contribution in [0.25, 0.3) is 0 Å². The molecule has 1 heterocycles. The number of rotatable bonds is 6. The average Bonchev–Trinajstić information content (AvgIpc) is 2.28. The van der Waals surface area contributed by atoms with E-state index in [2.05, 4.69) is 38.1 Å². The van der Waals surface area contributed by atoms with Crippen molar-refractivity contribution in [2.75, 3.05) is 18.5 Å². The lowest BCUT2D eigenvalue weighted by molar-refractivity contribution is 0.128. The van der Waals surface area contributed by atoms with E-state index >= 15 is 0 Å². The monoisotopic (exact) mass is 287 g/mol. The minimum absolute atomic E-state index is 0.464. The van der Waals surface area contributed by atoms with E-state index < -0.39 is 0 Å². The van der Waals surface area contributed by atoms with Gasteiger partial charge in [-0.05, 0) is 36.2 Å². The Morgan fingerprint density at radius 2 is 2.06 bits per heavy atom. The Hall–Kier alpha value is -0.680. The summed E-state index contributed by atoms with van der Waals surface area (Å²) >= 11 is 3.48. The van der Waals surface area contributed by atoms with E-state index in [0.717, 1.165) is 34.8 Å². The molecule has 0 aliphatic rings. The summed E-state index contributed by atoms with van der Waals surface area (Å²) in [6, 6.07) is 0. The summed E-state index contributed by atoms with van der Waals surface area (Å²) in [4.78, 5) is 8.77. The number of hydrogen-bond donors (Lipinski definition) is 1. The number of nitrogens with one attached hydrogen (secondary N) is 1. The summed E-state index contributed by atoms with van der Waals surface area (Å²) in [5.74, 6) is 1.57. The van der Waals surface area contributed by atoms with Gasteiger partial charge in [0.2, 0.25) is 0 Å². The third-order valence-corrected chi connectivity index (χ3v) is 2.99. The number of aromatic nitrogens is 2. The van der Waals surface area contributed by atoms with Gasteiger partial charge >= 0.3 is 0 Å². The van der Waals surface area contributed by atoms with Crippen LogP contribution < -0.4 is 5.32 Å². The number of hydrogen-bond acceptors (Lipinski definition) is 4. The molecular formula is C11H18BrN3O. The van der Waals surface area contributed by atoms with Crippen LogP contribution in [0.5, 0.6) is 0 Å². The summed E-state index contributed by atoms with van der Waals surface area (Å²) < 4.78 is 6.24. The molecule has 5 heteroatoms. The Balaban J connectivity index is 2.83. The molecule has 0 unspecified atom stereocenters. The first-order valence-corrected chi connectivity index (χ1v) is 6.33. The molecule has 1 N–H and O–H groups in total. The maximum absolute atomic E-state index is 5.31. The van der Waals surface area contributed by atoms with Crippen LogP contribution >= 0.6 is 15.9 Å². The lowest BCUT2D eigenvalue weighted by Crippen LogP contribution is -2.08. The Labute approximate surface area is 105 Å². The highest BCUT2D eigenvalue weighted by molar-refractivity contribution is 9.10. The van der Waals surface area contributed by atoms with Crippen LogP contribution in [-0.4, -0.2) is 23.1 Å². The maximum Gasteiger partial charge on any atom is 0.156 e. The van der Waals surface area contributed by atoms with Crippen LogP contribution in [-0.2, 0) is 11.3 Å². The van der Waals surface area contributed by atoms with Crippen LogP contribution in [0.2, 0.25) is 0 Å². The molecule has 16 heavy (non-hydrogen) atoms. The molecule has 0 radical (unpaired) electrons. The van der Waals surface area contributed by atoms with Crippen LogP contribution in [0.1, 0.15) is 31.8 Å². The SMILES string of the molecule is CCCNc1nc(COCC)nc(C)c1Br. The van der Waals surface area contributed by atoms with Gasteiger partial charge in [0, 0.05) is 13.2 Å². The predicted molar refractivity (Wildman–Crippen MR) is 68.6 cm³/mol. The van der Waals surface area contributed by atoms with Gasteiger partial charge < -0.3 is 10.1 Å². The third kappa shape index (κ3) is 3.72. The van der Waals surface area contributed by atoms with Crippen molar-refractivity contribution in [1.82, 2.24) is 9.97 Å². The van der Waals surface area contributed by atoms with E-state index in [-0.39, 0.29) is 0 Å². The summed E-state index contributed by atoms with van der Waals surface area (Å²) in [5.41, 5.74) is 0.934. The fraction of sp³-hybridized carbons (Fsp3) is 0.636. The van der Waals surface area contributed by atoms with Crippen LogP contribution in [0.4, 0.5) is 5.82 Å². The number of ether oxygens (including phenoxy) is 1. The van der Waals surface area contributed by atoms with Crippen LogP contribution in [0.15, 0.2) is 4.47 Å². The maximum atomic E-state index is 5.31. The van der Waals surface area contributed by atoms with E-state index in [1.165, 1.54) is 0 Å². The molecule has 1 aromatic heterocycles. The quantitative estimate of drug-likeness (QED) is 0.874. The first kappa shape index (κ1) is 13.4. The largest absolute Gasteiger partial charge is 0.374 e. The molecule has 0 aromatic carbocycles. The molecule has 0 aliphatic carbocycles. The Morgan fingerprint density at radius 3 is 2.69 bits per heavy atom. The van der Waals surface area contributed by atoms with E-state index in [9.17, 15) is 0 Å². The number of nitrogens with zero attached hydrogens (tertiary/aromatic N) is 2. The molecule has 0 atom stereocenters. The van der Waals surface area contributed by atoms with Crippen molar-refractivity contribution in [2.24, 2.45) is 0 Å². The molecule has 90 valence electrons. The third-order valence-electron chi connectivity index (χ3n) is 2.04. The van der Waals surface area contributed by atoms with Gasteiger partial charge in [-0.3, -0.25) is 0 Å². The van der Waals surface area contributed by atoms with Gasteiger partial charge in [0.1, 0.15) is 12.4 Å². The van der Waals surface area contributed by atoms with Gasteiger partial charge in [0.25, 0.3) is 0 Å². The van der Waals surface area contributed by atoms with Crippen molar-refractivity contribution in [3.05, 3.63) is 16.0 Å². The van der Waals surface area contributed by atoms with Gasteiger partial charge in [-0.2, -0.15) is 0 Å². The van der Waals surface area contributed by atoms with Crippen molar-refractivity contribution in [2.45, 2.75) is 33.8 Å². The molecule has 0 fully saturated rings. The second-order valence-corrected chi connectivity index (χ2v) is 4.24. The molecule has 0 spiro atoms. The number of aryl methyl sites for hydroxylation is 1. The van der Waals surface area contributed by atoms with Crippen molar-refractivity contribution < 1.29 is 4.74 Å². The Bertz CT molecular complexity index is 344. The molecule has 0 saturated carbocycles. The number of anilines is 1. The molecule has 0 saturated heterocycles. The normalized spacial score (nSPS) is 10.5. The van der Waals surface area contributed by atoms with Crippen molar-refractivity contribution >= 4 is 21.7 Å². The summed E-state index contributed by atoms with van der Waals surface area (Å²) in [6.07, 6.45) is 1.07. The lowest BCUT2D eigenvalue weighted by Gasteiger charge is -2.10. The van der Waals surface area contributed by atoms with E-state index in [4.69, 9.17) is 4.74 Å². The molecule has 4 nitrogen and oxygen atoms in total. The van der Waals surface area contributed by atoms with Crippen LogP contribution in [0, 0.1) is 6.92 Å². The standard InChI is InChI=1S/C11H18BrN3O/c1-4-6-13-11-10(12)8(3)14-9(15-11)7-16-5-2/h4-7H2,1-3H3,(H,13,14,15). The molecular weight excluding hydrogens is 270 g/mol. The predicted octanol–water partition coefficient (Wildman–Crippen LogP) is 2.91. The summed E-state index contributed by atoms with van der Waals surface area (Å²) in [5, 5.41) is 3.27. The zero-order chi connectivity index (χ0) is 12.0. The highest BCUT2D eigenvalue weighted by Crippen LogP contribution is 2.23. The van der Waals surface area contributed by atoms with Gasteiger partial charge in [0.05, 0.1) is 10.2 Å². The lowest BCUT2D eigenvalue weighted by atomic mass is 10.4. The zero-order valence-electron chi connectivity index (χ0n) is 10.0.